The molecule has 4 atom stereocenters. The van der Waals surface area contributed by atoms with E-state index in [4.69, 9.17) is 9.47 Å². The van der Waals surface area contributed by atoms with Gasteiger partial charge < -0.3 is 9.47 Å². The van der Waals surface area contributed by atoms with E-state index in [1.54, 1.807) is 12.1 Å². The normalized spacial score (nSPS) is 29.2. The van der Waals surface area contributed by atoms with Gasteiger partial charge in [-0.05, 0) is 38.4 Å². The van der Waals surface area contributed by atoms with Gasteiger partial charge in [-0.2, -0.15) is 0 Å². The second-order valence-corrected chi connectivity index (χ2v) is 6.70. The molecular formula is C19H25NO4. The molecule has 2 saturated heterocycles. The molecule has 130 valence electrons. The standard InChI is InChI=1S/C19H25NO4/c1-3-11-23-19(22)17-15-10-9-14(20(15)2)12-16(17)24-18(21)13-7-5-4-6-8-13/h4-8,14-17H,3,9-12H2,1-2H3/t14-,15+,16-,17+/m0/s1. The van der Waals surface area contributed by atoms with Gasteiger partial charge in [-0.1, -0.05) is 25.1 Å². The van der Waals surface area contributed by atoms with Crippen LogP contribution in [0.25, 0.3) is 0 Å². The number of benzene rings is 1. The summed E-state index contributed by atoms with van der Waals surface area (Å²) >= 11 is 0. The predicted molar refractivity (Wildman–Crippen MR) is 89.6 cm³/mol. The lowest BCUT2D eigenvalue weighted by molar-refractivity contribution is -0.159. The number of ether oxygens (including phenoxy) is 2. The molecule has 0 radical (unpaired) electrons. The Labute approximate surface area is 142 Å². The summed E-state index contributed by atoms with van der Waals surface area (Å²) in [7, 11) is 2.05. The van der Waals surface area contributed by atoms with Crippen LogP contribution in [-0.2, 0) is 14.3 Å². The highest BCUT2D eigenvalue weighted by molar-refractivity contribution is 5.89. The summed E-state index contributed by atoms with van der Waals surface area (Å²) in [5.74, 6) is -0.995. The summed E-state index contributed by atoms with van der Waals surface area (Å²) in [5, 5.41) is 0. The van der Waals surface area contributed by atoms with Crippen LogP contribution in [0.2, 0.25) is 0 Å². The second kappa shape index (κ2) is 7.34. The van der Waals surface area contributed by atoms with Crippen molar-refractivity contribution in [2.75, 3.05) is 13.7 Å². The summed E-state index contributed by atoms with van der Waals surface area (Å²) in [6, 6.07) is 9.41. The number of esters is 2. The van der Waals surface area contributed by atoms with Crippen LogP contribution in [0.3, 0.4) is 0 Å². The van der Waals surface area contributed by atoms with Gasteiger partial charge in [0.2, 0.25) is 0 Å². The van der Waals surface area contributed by atoms with E-state index in [1.807, 2.05) is 25.1 Å². The Morgan fingerprint density at radius 1 is 1.21 bits per heavy atom. The molecule has 0 unspecified atom stereocenters. The third-order valence-corrected chi connectivity index (χ3v) is 5.20. The van der Waals surface area contributed by atoms with E-state index in [-0.39, 0.29) is 18.0 Å². The minimum atomic E-state index is -0.407. The van der Waals surface area contributed by atoms with Gasteiger partial charge in [0.1, 0.15) is 12.0 Å². The number of nitrogens with zero attached hydrogens (tertiary/aromatic N) is 1. The summed E-state index contributed by atoms with van der Waals surface area (Å²) in [6.45, 7) is 2.38. The first-order chi connectivity index (χ1) is 11.6. The number of carbonyl (C=O) groups is 2. The Morgan fingerprint density at radius 3 is 2.67 bits per heavy atom. The first-order valence-electron chi connectivity index (χ1n) is 8.76. The zero-order valence-corrected chi connectivity index (χ0v) is 14.3. The van der Waals surface area contributed by atoms with E-state index in [0.717, 1.165) is 19.3 Å². The van der Waals surface area contributed by atoms with Crippen LogP contribution in [0.15, 0.2) is 30.3 Å². The lowest BCUT2D eigenvalue weighted by Crippen LogP contribution is -2.53. The van der Waals surface area contributed by atoms with E-state index < -0.39 is 12.0 Å². The van der Waals surface area contributed by atoms with Crippen LogP contribution in [-0.4, -0.2) is 48.7 Å². The maximum absolute atomic E-state index is 12.6. The Morgan fingerprint density at radius 2 is 1.96 bits per heavy atom. The van der Waals surface area contributed by atoms with Crippen LogP contribution in [0.5, 0.6) is 0 Å². The highest BCUT2D eigenvalue weighted by Crippen LogP contribution is 2.40. The summed E-state index contributed by atoms with van der Waals surface area (Å²) in [4.78, 5) is 27.3. The van der Waals surface area contributed by atoms with Crippen molar-refractivity contribution >= 4 is 11.9 Å². The van der Waals surface area contributed by atoms with Crippen molar-refractivity contribution in [2.45, 2.75) is 50.8 Å². The van der Waals surface area contributed by atoms with Crippen LogP contribution >= 0.6 is 0 Å². The van der Waals surface area contributed by atoms with Gasteiger partial charge in [-0.25, -0.2) is 4.79 Å². The SMILES string of the molecule is CCCOC(=O)[C@H]1[C@@H](OC(=O)c2ccccc2)C[C@@H]2CC[C@H]1N2C. The molecule has 0 saturated carbocycles. The minimum absolute atomic E-state index is 0.0988. The molecule has 2 bridgehead atoms. The van der Waals surface area contributed by atoms with Gasteiger partial charge in [0, 0.05) is 18.5 Å². The highest BCUT2D eigenvalue weighted by Gasteiger charge is 2.51. The summed E-state index contributed by atoms with van der Waals surface area (Å²) in [6.07, 6.45) is 3.06. The molecule has 1 aromatic rings. The average molecular weight is 331 g/mol. The fourth-order valence-corrected chi connectivity index (χ4v) is 3.93. The van der Waals surface area contributed by atoms with Gasteiger partial charge in [0.05, 0.1) is 12.2 Å². The van der Waals surface area contributed by atoms with Crippen LogP contribution in [0, 0.1) is 5.92 Å². The van der Waals surface area contributed by atoms with E-state index in [2.05, 4.69) is 11.9 Å². The van der Waals surface area contributed by atoms with E-state index in [9.17, 15) is 9.59 Å². The largest absolute Gasteiger partial charge is 0.465 e. The van der Waals surface area contributed by atoms with Gasteiger partial charge in [0.15, 0.2) is 0 Å². The fourth-order valence-electron chi connectivity index (χ4n) is 3.93. The van der Waals surface area contributed by atoms with E-state index >= 15 is 0 Å². The molecule has 0 amide bonds. The molecule has 1 aromatic carbocycles. The Balaban J connectivity index is 1.76. The third kappa shape index (κ3) is 3.31. The monoisotopic (exact) mass is 331 g/mol. The van der Waals surface area contributed by atoms with Gasteiger partial charge in [0.25, 0.3) is 0 Å². The molecule has 0 aliphatic carbocycles. The van der Waals surface area contributed by atoms with Gasteiger partial charge >= 0.3 is 11.9 Å². The zero-order valence-electron chi connectivity index (χ0n) is 14.3. The molecule has 5 nitrogen and oxygen atoms in total. The second-order valence-electron chi connectivity index (χ2n) is 6.70. The number of carbonyl (C=O) groups excluding carboxylic acids is 2. The van der Waals surface area contributed by atoms with Crippen LogP contribution in [0.1, 0.15) is 43.0 Å². The third-order valence-electron chi connectivity index (χ3n) is 5.20. The first-order valence-corrected chi connectivity index (χ1v) is 8.76. The zero-order chi connectivity index (χ0) is 17.1. The van der Waals surface area contributed by atoms with Crippen molar-refractivity contribution in [3.05, 3.63) is 35.9 Å². The van der Waals surface area contributed by atoms with Crippen molar-refractivity contribution < 1.29 is 19.1 Å². The topological polar surface area (TPSA) is 55.8 Å². The molecule has 3 rings (SSSR count). The van der Waals surface area contributed by atoms with Crippen molar-refractivity contribution in [3.63, 3.8) is 0 Å². The number of rotatable bonds is 5. The number of hydrogen-bond acceptors (Lipinski definition) is 5. The lowest BCUT2D eigenvalue weighted by Gasteiger charge is -2.40. The van der Waals surface area contributed by atoms with E-state index in [1.165, 1.54) is 0 Å². The number of fused-ring (bicyclic) bond motifs is 2. The predicted octanol–water partition coefficient (Wildman–Crippen LogP) is 2.65. The van der Waals surface area contributed by atoms with Gasteiger partial charge in [-0.3, -0.25) is 9.69 Å². The smallest absolute Gasteiger partial charge is 0.338 e. The minimum Gasteiger partial charge on any atom is -0.465 e. The van der Waals surface area contributed by atoms with Crippen LogP contribution in [0.4, 0.5) is 0 Å². The Kier molecular flexibility index (Phi) is 5.19. The maximum atomic E-state index is 12.6. The van der Waals surface area contributed by atoms with Gasteiger partial charge in [-0.15, -0.1) is 0 Å². The summed E-state index contributed by atoms with van der Waals surface area (Å²) < 4.78 is 11.1. The molecule has 2 aliphatic rings. The number of hydrogen-bond donors (Lipinski definition) is 0. The average Bonchev–Trinajstić information content (AvgIpc) is 2.83. The molecule has 2 aliphatic heterocycles. The first kappa shape index (κ1) is 17.0. The van der Waals surface area contributed by atoms with Crippen molar-refractivity contribution in [1.29, 1.82) is 0 Å². The molecule has 0 aromatic heterocycles. The molecule has 0 N–H and O–H groups in total. The van der Waals surface area contributed by atoms with E-state index in [0.29, 0.717) is 24.6 Å². The van der Waals surface area contributed by atoms with Crippen molar-refractivity contribution in [1.82, 2.24) is 4.90 Å². The molecule has 24 heavy (non-hydrogen) atoms. The molecular weight excluding hydrogens is 306 g/mol. The molecule has 2 fully saturated rings. The van der Waals surface area contributed by atoms with Crippen LogP contribution < -0.4 is 0 Å². The molecule has 2 heterocycles. The lowest BCUT2D eigenvalue weighted by atomic mass is 9.87. The molecule has 5 heteroatoms. The fraction of sp³-hybridized carbons (Fsp3) is 0.579. The number of piperidine rings is 1. The Hall–Kier alpha value is -1.88. The summed E-state index contributed by atoms with van der Waals surface area (Å²) in [5.41, 5.74) is 0.518. The maximum Gasteiger partial charge on any atom is 0.338 e. The van der Waals surface area contributed by atoms with Crippen molar-refractivity contribution in [2.24, 2.45) is 5.92 Å². The Bertz CT molecular complexity index is 588. The van der Waals surface area contributed by atoms with Crippen molar-refractivity contribution in [3.8, 4) is 0 Å². The quantitative estimate of drug-likeness (QED) is 0.777. The highest BCUT2D eigenvalue weighted by atomic mass is 16.6. The molecule has 0 spiro atoms.